The van der Waals surface area contributed by atoms with Crippen molar-refractivity contribution < 1.29 is 4.79 Å². The molecule has 0 saturated carbocycles. The zero-order valence-corrected chi connectivity index (χ0v) is 13.8. The average molecular weight is 312 g/mol. The minimum absolute atomic E-state index is 0.721. The van der Waals surface area contributed by atoms with Gasteiger partial charge in [0.25, 0.3) is 0 Å². The monoisotopic (exact) mass is 312 g/mol. The first kappa shape index (κ1) is 15.9. The van der Waals surface area contributed by atoms with Gasteiger partial charge in [0.1, 0.15) is 0 Å². The highest BCUT2D eigenvalue weighted by molar-refractivity contribution is 6.02. The van der Waals surface area contributed by atoms with E-state index in [1.807, 2.05) is 48.5 Å². The molecule has 1 heteroatoms. The number of hydrogen-bond donors (Lipinski definition) is 0. The number of rotatable bonds is 5. The van der Waals surface area contributed by atoms with Crippen molar-refractivity contribution in [2.75, 3.05) is 0 Å². The van der Waals surface area contributed by atoms with E-state index in [9.17, 15) is 4.79 Å². The molecule has 3 rings (SSSR count). The van der Waals surface area contributed by atoms with Crippen molar-refractivity contribution in [2.24, 2.45) is 0 Å². The van der Waals surface area contributed by atoms with Crippen LogP contribution < -0.4 is 0 Å². The highest BCUT2D eigenvalue weighted by Crippen LogP contribution is 2.35. The van der Waals surface area contributed by atoms with Crippen LogP contribution in [-0.2, 0) is 0 Å². The number of allylic oxidation sites excluding steroid dienone is 1. The number of benzene rings is 3. The van der Waals surface area contributed by atoms with Crippen LogP contribution in [0.4, 0.5) is 0 Å². The van der Waals surface area contributed by atoms with Gasteiger partial charge in [0.15, 0.2) is 6.29 Å². The zero-order valence-electron chi connectivity index (χ0n) is 13.8. The summed E-state index contributed by atoms with van der Waals surface area (Å²) in [5, 5.41) is 0. The molecule has 0 amide bonds. The van der Waals surface area contributed by atoms with Gasteiger partial charge in [-0.05, 0) is 34.3 Å². The van der Waals surface area contributed by atoms with Gasteiger partial charge in [0.05, 0.1) is 0 Å². The Bertz CT molecular complexity index is 845. The molecular weight excluding hydrogens is 292 g/mol. The summed E-state index contributed by atoms with van der Waals surface area (Å²) in [6.07, 6.45) is 1.83. The third kappa shape index (κ3) is 3.21. The standard InChI is InChI=1S/C23H20O/c1-2-21(18-11-5-3-6-12-18)23(19-13-7-4-8-14-19)22-16-10-9-15-20(22)17-24/h3-17H,2H2,1H3. The molecular formula is C23H20O. The van der Waals surface area contributed by atoms with Crippen LogP contribution in [0.1, 0.15) is 40.4 Å². The summed E-state index contributed by atoms with van der Waals surface area (Å²) in [7, 11) is 0. The lowest BCUT2D eigenvalue weighted by Crippen LogP contribution is -1.98. The quantitative estimate of drug-likeness (QED) is 0.425. The molecule has 0 aliphatic rings. The molecule has 0 spiro atoms. The Morgan fingerprint density at radius 1 is 0.750 bits per heavy atom. The third-order valence-electron chi connectivity index (χ3n) is 4.20. The lowest BCUT2D eigenvalue weighted by molar-refractivity contribution is 0.112. The fourth-order valence-electron chi connectivity index (χ4n) is 3.09. The van der Waals surface area contributed by atoms with Gasteiger partial charge in [-0.15, -0.1) is 0 Å². The Labute approximate surface area is 143 Å². The van der Waals surface area contributed by atoms with Crippen LogP contribution in [0.15, 0.2) is 84.9 Å². The molecule has 3 aromatic carbocycles. The summed E-state index contributed by atoms with van der Waals surface area (Å²) in [6.45, 7) is 2.16. The minimum atomic E-state index is 0.721. The van der Waals surface area contributed by atoms with E-state index in [0.29, 0.717) is 0 Å². The smallest absolute Gasteiger partial charge is 0.150 e. The third-order valence-corrected chi connectivity index (χ3v) is 4.20. The van der Waals surface area contributed by atoms with Gasteiger partial charge in [-0.2, -0.15) is 0 Å². The summed E-state index contributed by atoms with van der Waals surface area (Å²) in [4.78, 5) is 11.6. The normalized spacial score (nSPS) is 11.7. The number of hydrogen-bond acceptors (Lipinski definition) is 1. The molecule has 0 fully saturated rings. The Morgan fingerprint density at radius 3 is 1.88 bits per heavy atom. The molecule has 0 radical (unpaired) electrons. The Hall–Kier alpha value is -2.93. The molecule has 0 aliphatic heterocycles. The summed E-state index contributed by atoms with van der Waals surface area (Å²) in [5.41, 5.74) is 6.41. The number of carbonyl (C=O) groups excluding carboxylic acids is 1. The van der Waals surface area contributed by atoms with Crippen molar-refractivity contribution >= 4 is 17.4 Å². The fraction of sp³-hybridized carbons (Fsp3) is 0.0870. The van der Waals surface area contributed by atoms with Crippen molar-refractivity contribution in [3.63, 3.8) is 0 Å². The van der Waals surface area contributed by atoms with Crippen LogP contribution in [0, 0.1) is 0 Å². The van der Waals surface area contributed by atoms with Crippen molar-refractivity contribution in [1.29, 1.82) is 0 Å². The van der Waals surface area contributed by atoms with Crippen LogP contribution in [0.3, 0.4) is 0 Å². The van der Waals surface area contributed by atoms with E-state index in [2.05, 4.69) is 43.3 Å². The van der Waals surface area contributed by atoms with Crippen LogP contribution >= 0.6 is 0 Å². The van der Waals surface area contributed by atoms with Gasteiger partial charge in [0.2, 0.25) is 0 Å². The van der Waals surface area contributed by atoms with E-state index in [-0.39, 0.29) is 0 Å². The lowest BCUT2D eigenvalue weighted by Gasteiger charge is -2.17. The summed E-state index contributed by atoms with van der Waals surface area (Å²) < 4.78 is 0. The van der Waals surface area contributed by atoms with E-state index < -0.39 is 0 Å². The first-order chi connectivity index (χ1) is 11.8. The number of aldehydes is 1. The Balaban J connectivity index is 2.34. The molecule has 0 heterocycles. The summed E-state index contributed by atoms with van der Waals surface area (Å²) >= 11 is 0. The van der Waals surface area contributed by atoms with Gasteiger partial charge in [0, 0.05) is 5.56 Å². The van der Waals surface area contributed by atoms with E-state index in [4.69, 9.17) is 0 Å². The number of carbonyl (C=O) groups is 1. The van der Waals surface area contributed by atoms with Crippen molar-refractivity contribution in [2.45, 2.75) is 13.3 Å². The second-order valence-electron chi connectivity index (χ2n) is 5.64. The van der Waals surface area contributed by atoms with Crippen LogP contribution in [0.25, 0.3) is 11.1 Å². The molecule has 0 N–H and O–H groups in total. The SMILES string of the molecule is CCC(=C(c1ccccc1)c1ccccc1C=O)c1ccccc1. The molecule has 0 unspecified atom stereocenters. The molecule has 24 heavy (non-hydrogen) atoms. The Kier molecular flexibility index (Phi) is 5.02. The summed E-state index contributed by atoms with van der Waals surface area (Å²) in [5.74, 6) is 0. The maximum Gasteiger partial charge on any atom is 0.150 e. The van der Waals surface area contributed by atoms with Crippen molar-refractivity contribution in [3.05, 3.63) is 107 Å². The van der Waals surface area contributed by atoms with Gasteiger partial charge in [-0.3, -0.25) is 4.79 Å². The molecule has 3 aromatic rings. The average Bonchev–Trinajstić information content (AvgIpc) is 2.67. The van der Waals surface area contributed by atoms with Crippen molar-refractivity contribution in [1.82, 2.24) is 0 Å². The maximum absolute atomic E-state index is 11.6. The van der Waals surface area contributed by atoms with Crippen LogP contribution in [0.2, 0.25) is 0 Å². The highest BCUT2D eigenvalue weighted by atomic mass is 16.1. The van der Waals surface area contributed by atoms with Gasteiger partial charge in [-0.1, -0.05) is 91.9 Å². The first-order valence-corrected chi connectivity index (χ1v) is 8.23. The molecule has 0 aliphatic carbocycles. The molecule has 0 bridgehead atoms. The molecule has 0 atom stereocenters. The summed E-state index contributed by atoms with van der Waals surface area (Å²) in [6, 6.07) is 28.5. The van der Waals surface area contributed by atoms with Crippen molar-refractivity contribution in [3.8, 4) is 0 Å². The minimum Gasteiger partial charge on any atom is -0.298 e. The molecule has 118 valence electrons. The zero-order chi connectivity index (χ0) is 16.8. The fourth-order valence-corrected chi connectivity index (χ4v) is 3.09. The molecule has 1 nitrogen and oxygen atoms in total. The Morgan fingerprint density at radius 2 is 1.29 bits per heavy atom. The van der Waals surface area contributed by atoms with Crippen LogP contribution in [0.5, 0.6) is 0 Å². The topological polar surface area (TPSA) is 17.1 Å². The lowest BCUT2D eigenvalue weighted by atomic mass is 9.86. The molecule has 0 aromatic heterocycles. The van der Waals surface area contributed by atoms with Gasteiger partial charge in [-0.25, -0.2) is 0 Å². The predicted molar refractivity (Wildman–Crippen MR) is 101 cm³/mol. The van der Waals surface area contributed by atoms with Gasteiger partial charge < -0.3 is 0 Å². The second kappa shape index (κ2) is 7.56. The van der Waals surface area contributed by atoms with Gasteiger partial charge >= 0.3 is 0 Å². The van der Waals surface area contributed by atoms with E-state index in [1.165, 1.54) is 11.1 Å². The predicted octanol–water partition coefficient (Wildman–Crippen LogP) is 5.87. The second-order valence-corrected chi connectivity index (χ2v) is 5.64. The molecule has 0 saturated heterocycles. The largest absolute Gasteiger partial charge is 0.298 e. The van der Waals surface area contributed by atoms with E-state index in [0.717, 1.165) is 35.0 Å². The van der Waals surface area contributed by atoms with Crippen LogP contribution in [-0.4, -0.2) is 6.29 Å². The highest BCUT2D eigenvalue weighted by Gasteiger charge is 2.15. The first-order valence-electron chi connectivity index (χ1n) is 8.23. The van der Waals surface area contributed by atoms with E-state index >= 15 is 0 Å². The van der Waals surface area contributed by atoms with E-state index in [1.54, 1.807) is 0 Å². The maximum atomic E-state index is 11.6.